The average molecular weight is 514 g/mol. The van der Waals surface area contributed by atoms with Gasteiger partial charge in [-0.1, -0.05) is 50.2 Å². The Labute approximate surface area is 226 Å². The summed E-state index contributed by atoms with van der Waals surface area (Å²) < 4.78 is 13.7. The van der Waals surface area contributed by atoms with Crippen LogP contribution in [0.1, 0.15) is 55.1 Å². The number of ether oxygens (including phenoxy) is 2. The summed E-state index contributed by atoms with van der Waals surface area (Å²) in [5.41, 5.74) is 5.56. The molecule has 3 aromatic carbocycles. The fourth-order valence-corrected chi connectivity index (χ4v) is 4.67. The van der Waals surface area contributed by atoms with E-state index in [9.17, 15) is 4.79 Å². The molecule has 200 valence electrons. The van der Waals surface area contributed by atoms with Gasteiger partial charge in [0.2, 0.25) is 5.91 Å². The number of methoxy groups -OCH3 is 1. The van der Waals surface area contributed by atoms with E-state index in [0.717, 1.165) is 53.3 Å². The van der Waals surface area contributed by atoms with E-state index < -0.39 is 0 Å². The first-order valence-electron chi connectivity index (χ1n) is 13.5. The molecule has 1 N–H and O–H groups in total. The Balaban J connectivity index is 1.30. The van der Waals surface area contributed by atoms with Gasteiger partial charge in [0.1, 0.15) is 17.3 Å². The minimum Gasteiger partial charge on any atom is -0.497 e. The van der Waals surface area contributed by atoms with Crippen LogP contribution >= 0.6 is 0 Å². The Morgan fingerprint density at radius 1 is 1.03 bits per heavy atom. The van der Waals surface area contributed by atoms with Gasteiger partial charge in [-0.25, -0.2) is 4.98 Å². The first kappa shape index (κ1) is 27.2. The van der Waals surface area contributed by atoms with Crippen molar-refractivity contribution < 1.29 is 14.3 Å². The Hall–Kier alpha value is -3.80. The molecule has 0 fully saturated rings. The number of amides is 1. The van der Waals surface area contributed by atoms with Crippen LogP contribution in [0.3, 0.4) is 0 Å². The van der Waals surface area contributed by atoms with Gasteiger partial charge >= 0.3 is 0 Å². The van der Waals surface area contributed by atoms with Crippen LogP contribution in [-0.2, 0) is 24.2 Å². The lowest BCUT2D eigenvalue weighted by Crippen LogP contribution is -2.28. The maximum absolute atomic E-state index is 12.5. The number of hydrogen-bond donors (Lipinski definition) is 1. The molecule has 0 saturated heterocycles. The largest absolute Gasteiger partial charge is 0.497 e. The molecule has 6 heteroatoms. The summed E-state index contributed by atoms with van der Waals surface area (Å²) in [5.74, 6) is 3.22. The van der Waals surface area contributed by atoms with E-state index in [-0.39, 0.29) is 5.91 Å². The number of para-hydroxylation sites is 2. The van der Waals surface area contributed by atoms with Gasteiger partial charge in [-0.15, -0.1) is 0 Å². The first-order valence-corrected chi connectivity index (χ1v) is 13.5. The molecule has 0 unspecified atom stereocenters. The summed E-state index contributed by atoms with van der Waals surface area (Å²) in [5, 5.41) is 3.05. The fourth-order valence-electron chi connectivity index (χ4n) is 4.67. The van der Waals surface area contributed by atoms with E-state index in [1.165, 1.54) is 11.1 Å². The maximum Gasteiger partial charge on any atom is 0.224 e. The van der Waals surface area contributed by atoms with E-state index in [1.807, 2.05) is 36.4 Å². The predicted octanol–water partition coefficient (Wildman–Crippen LogP) is 6.24. The van der Waals surface area contributed by atoms with E-state index in [2.05, 4.69) is 61.0 Å². The summed E-state index contributed by atoms with van der Waals surface area (Å²) in [4.78, 5) is 17.3. The fraction of sp³-hybridized carbons (Fsp3) is 0.375. The number of unbranched alkanes of at least 4 members (excludes halogenated alkanes) is 1. The molecule has 0 aliphatic heterocycles. The smallest absolute Gasteiger partial charge is 0.224 e. The summed E-state index contributed by atoms with van der Waals surface area (Å²) in [6, 6.07) is 22.3. The number of nitrogens with one attached hydrogen (secondary N) is 1. The summed E-state index contributed by atoms with van der Waals surface area (Å²) >= 11 is 0. The highest BCUT2D eigenvalue weighted by Gasteiger charge is 2.12. The van der Waals surface area contributed by atoms with Crippen molar-refractivity contribution in [1.29, 1.82) is 0 Å². The molecule has 38 heavy (non-hydrogen) atoms. The number of nitrogens with zero attached hydrogens (tertiary/aromatic N) is 2. The summed E-state index contributed by atoms with van der Waals surface area (Å²) in [7, 11) is 1.64. The molecule has 4 rings (SSSR count). The number of hydrogen-bond acceptors (Lipinski definition) is 4. The maximum atomic E-state index is 12.5. The third-order valence-electron chi connectivity index (χ3n) is 6.75. The molecule has 0 aliphatic rings. The molecular weight excluding hydrogens is 474 g/mol. The third-order valence-corrected chi connectivity index (χ3v) is 6.75. The highest BCUT2D eigenvalue weighted by molar-refractivity contribution is 5.78. The number of carbonyl (C=O) groups is 1. The zero-order chi connectivity index (χ0) is 26.9. The molecule has 0 spiro atoms. The Kier molecular flexibility index (Phi) is 9.41. The number of rotatable bonds is 13. The monoisotopic (exact) mass is 513 g/mol. The Morgan fingerprint density at radius 2 is 1.82 bits per heavy atom. The zero-order valence-electron chi connectivity index (χ0n) is 23.0. The number of fused-ring (bicyclic) bond motifs is 1. The molecule has 0 bridgehead atoms. The first-order chi connectivity index (χ1) is 18.4. The van der Waals surface area contributed by atoms with Gasteiger partial charge in [0.25, 0.3) is 0 Å². The van der Waals surface area contributed by atoms with Crippen molar-refractivity contribution in [3.05, 3.63) is 89.2 Å². The minimum atomic E-state index is 0.00638. The number of aromatic nitrogens is 2. The lowest BCUT2D eigenvalue weighted by atomic mass is 10.0. The second-order valence-electron chi connectivity index (χ2n) is 10.0. The Morgan fingerprint density at radius 3 is 2.58 bits per heavy atom. The topological polar surface area (TPSA) is 65.4 Å². The number of carbonyl (C=O) groups excluding carboxylic acids is 1. The highest BCUT2D eigenvalue weighted by atomic mass is 16.5. The van der Waals surface area contributed by atoms with Crippen LogP contribution < -0.4 is 14.8 Å². The normalized spacial score (nSPS) is 11.2. The molecule has 6 nitrogen and oxygen atoms in total. The second kappa shape index (κ2) is 13.1. The van der Waals surface area contributed by atoms with Gasteiger partial charge in [0.05, 0.1) is 31.2 Å². The third kappa shape index (κ3) is 7.15. The van der Waals surface area contributed by atoms with Crippen molar-refractivity contribution in [2.24, 2.45) is 0 Å². The zero-order valence-corrected chi connectivity index (χ0v) is 23.0. The van der Waals surface area contributed by atoms with Crippen LogP contribution in [0.4, 0.5) is 0 Å². The highest BCUT2D eigenvalue weighted by Crippen LogP contribution is 2.27. The molecule has 0 atom stereocenters. The van der Waals surface area contributed by atoms with Crippen LogP contribution in [0.5, 0.6) is 11.5 Å². The van der Waals surface area contributed by atoms with Gasteiger partial charge in [-0.2, -0.15) is 0 Å². The van der Waals surface area contributed by atoms with Gasteiger partial charge in [-0.05, 0) is 72.7 Å². The van der Waals surface area contributed by atoms with Gasteiger partial charge < -0.3 is 19.4 Å². The average Bonchev–Trinajstić information content (AvgIpc) is 3.26. The standard InChI is InChI=1S/C32H39N3O3/c1-23(2)27-16-11-24(3)21-30(27)38-20-8-7-19-35-29-10-6-5-9-28(29)34-31(35)17-18-33-32(36)22-25-12-14-26(37-4)15-13-25/h5-6,9-16,21,23H,7-8,17-20,22H2,1-4H3,(H,33,36). The van der Waals surface area contributed by atoms with E-state index >= 15 is 0 Å². The van der Waals surface area contributed by atoms with E-state index in [1.54, 1.807) is 7.11 Å². The predicted molar refractivity (Wildman–Crippen MR) is 153 cm³/mol. The van der Waals surface area contributed by atoms with E-state index in [0.29, 0.717) is 31.9 Å². The Bertz CT molecular complexity index is 1340. The van der Waals surface area contributed by atoms with Crippen molar-refractivity contribution in [2.75, 3.05) is 20.3 Å². The van der Waals surface area contributed by atoms with Crippen LogP contribution in [-0.4, -0.2) is 35.7 Å². The number of aryl methyl sites for hydroxylation is 2. The number of benzene rings is 3. The van der Waals surface area contributed by atoms with Crippen LogP contribution in [0.15, 0.2) is 66.7 Å². The molecule has 1 aromatic heterocycles. The molecule has 4 aromatic rings. The van der Waals surface area contributed by atoms with Crippen molar-refractivity contribution in [2.45, 2.75) is 58.9 Å². The van der Waals surface area contributed by atoms with Crippen molar-refractivity contribution in [3.63, 3.8) is 0 Å². The minimum absolute atomic E-state index is 0.00638. The number of imidazole rings is 1. The van der Waals surface area contributed by atoms with Crippen LogP contribution in [0.2, 0.25) is 0 Å². The van der Waals surface area contributed by atoms with Gasteiger partial charge in [-0.3, -0.25) is 4.79 Å². The molecule has 0 radical (unpaired) electrons. The lowest BCUT2D eigenvalue weighted by molar-refractivity contribution is -0.120. The quantitative estimate of drug-likeness (QED) is 0.215. The van der Waals surface area contributed by atoms with Crippen molar-refractivity contribution in [3.8, 4) is 11.5 Å². The molecule has 1 heterocycles. The van der Waals surface area contributed by atoms with Crippen molar-refractivity contribution in [1.82, 2.24) is 14.9 Å². The van der Waals surface area contributed by atoms with Gasteiger partial charge in [0, 0.05) is 19.5 Å². The lowest BCUT2D eigenvalue weighted by Gasteiger charge is -2.15. The summed E-state index contributed by atoms with van der Waals surface area (Å²) in [6.07, 6.45) is 2.97. The van der Waals surface area contributed by atoms with Crippen LogP contribution in [0, 0.1) is 6.92 Å². The van der Waals surface area contributed by atoms with Crippen LogP contribution in [0.25, 0.3) is 11.0 Å². The second-order valence-corrected chi connectivity index (χ2v) is 10.0. The van der Waals surface area contributed by atoms with E-state index in [4.69, 9.17) is 14.5 Å². The SMILES string of the molecule is COc1ccc(CC(=O)NCCc2nc3ccccc3n2CCCCOc2cc(C)ccc2C(C)C)cc1. The van der Waals surface area contributed by atoms with Gasteiger partial charge in [0.15, 0.2) is 0 Å². The molecule has 0 aliphatic carbocycles. The molecule has 0 saturated carbocycles. The molecule has 1 amide bonds. The summed E-state index contributed by atoms with van der Waals surface area (Å²) in [6.45, 7) is 8.60. The van der Waals surface area contributed by atoms with Crippen molar-refractivity contribution >= 4 is 16.9 Å². The molecular formula is C32H39N3O3.